The van der Waals surface area contributed by atoms with Crippen LogP contribution in [0.25, 0.3) is 0 Å². The number of methoxy groups -OCH3 is 1. The number of carbonyl (C=O) groups is 1. The van der Waals surface area contributed by atoms with Crippen molar-refractivity contribution >= 4 is 5.91 Å². The third kappa shape index (κ3) is 2.32. The summed E-state index contributed by atoms with van der Waals surface area (Å²) in [4.78, 5) is 13.9. The number of fused-ring (bicyclic) bond motifs is 1. The molecule has 17 heavy (non-hydrogen) atoms. The van der Waals surface area contributed by atoms with Crippen LogP contribution in [0, 0.1) is 0 Å². The fraction of sp³-hybridized carbons (Fsp3) is 0.917. The van der Waals surface area contributed by atoms with Crippen LogP contribution in [0.15, 0.2) is 0 Å². The molecule has 0 bridgehead atoms. The van der Waals surface area contributed by atoms with Crippen LogP contribution in [0.5, 0.6) is 0 Å². The van der Waals surface area contributed by atoms with Gasteiger partial charge in [-0.1, -0.05) is 0 Å². The van der Waals surface area contributed by atoms with E-state index in [1.165, 1.54) is 0 Å². The van der Waals surface area contributed by atoms with E-state index in [-0.39, 0.29) is 18.6 Å². The number of carbonyl (C=O) groups excluding carboxylic acids is 1. The van der Waals surface area contributed by atoms with E-state index in [1.807, 2.05) is 4.90 Å². The number of hydrogen-bond acceptors (Lipinski definition) is 4. The van der Waals surface area contributed by atoms with Crippen LogP contribution < -0.4 is 5.32 Å². The van der Waals surface area contributed by atoms with Crippen LogP contribution in [0.2, 0.25) is 0 Å². The number of aliphatic hydroxyl groups excluding tert-OH is 1. The second-order valence-corrected chi connectivity index (χ2v) is 5.01. The molecular weight excluding hydrogens is 220 g/mol. The molecule has 0 aromatic rings. The van der Waals surface area contributed by atoms with Crippen LogP contribution in [-0.2, 0) is 9.53 Å². The van der Waals surface area contributed by atoms with Gasteiger partial charge in [-0.05, 0) is 19.3 Å². The molecule has 2 fully saturated rings. The number of aliphatic hydroxyl groups is 1. The quantitative estimate of drug-likeness (QED) is 0.652. The summed E-state index contributed by atoms with van der Waals surface area (Å²) < 4.78 is 5.01. The Morgan fingerprint density at radius 2 is 2.41 bits per heavy atom. The molecule has 5 heteroatoms. The van der Waals surface area contributed by atoms with E-state index in [9.17, 15) is 9.90 Å². The lowest BCUT2D eigenvalue weighted by atomic mass is 9.86. The molecule has 0 saturated carbocycles. The summed E-state index contributed by atoms with van der Waals surface area (Å²) in [7, 11) is 1.65. The molecule has 0 aromatic heterocycles. The Bertz CT molecular complexity index is 285. The van der Waals surface area contributed by atoms with Crippen molar-refractivity contribution in [2.45, 2.75) is 37.3 Å². The molecule has 2 aliphatic heterocycles. The predicted octanol–water partition coefficient (Wildman–Crippen LogP) is -0.262. The van der Waals surface area contributed by atoms with Crippen LogP contribution in [0.4, 0.5) is 0 Å². The van der Waals surface area contributed by atoms with Crippen LogP contribution in [0.3, 0.4) is 0 Å². The number of nitrogens with zero attached hydrogens (tertiary/aromatic N) is 1. The lowest BCUT2D eigenvalue weighted by molar-refractivity contribution is -0.129. The number of piperidine rings is 1. The van der Waals surface area contributed by atoms with E-state index >= 15 is 0 Å². The fourth-order valence-corrected chi connectivity index (χ4v) is 3.09. The molecule has 2 unspecified atom stereocenters. The van der Waals surface area contributed by atoms with E-state index in [0.717, 1.165) is 25.8 Å². The van der Waals surface area contributed by atoms with Gasteiger partial charge >= 0.3 is 0 Å². The fourth-order valence-electron chi connectivity index (χ4n) is 3.09. The zero-order valence-corrected chi connectivity index (χ0v) is 10.4. The first-order valence-electron chi connectivity index (χ1n) is 6.38. The van der Waals surface area contributed by atoms with Crippen molar-refractivity contribution in [3.05, 3.63) is 0 Å². The summed E-state index contributed by atoms with van der Waals surface area (Å²) in [5.74, 6) is 0.175. The van der Waals surface area contributed by atoms with Gasteiger partial charge in [0.15, 0.2) is 0 Å². The molecule has 2 atom stereocenters. The Kier molecular flexibility index (Phi) is 4.01. The number of ether oxygens (including phenoxy) is 1. The van der Waals surface area contributed by atoms with Crippen molar-refractivity contribution in [3.63, 3.8) is 0 Å². The molecule has 98 valence electrons. The van der Waals surface area contributed by atoms with E-state index in [1.54, 1.807) is 7.11 Å². The first-order valence-corrected chi connectivity index (χ1v) is 6.38. The minimum atomic E-state index is -0.448. The zero-order chi connectivity index (χ0) is 12.3. The van der Waals surface area contributed by atoms with Crippen molar-refractivity contribution in [2.24, 2.45) is 0 Å². The van der Waals surface area contributed by atoms with Gasteiger partial charge in [-0.25, -0.2) is 0 Å². The number of rotatable bonds is 5. The van der Waals surface area contributed by atoms with E-state index in [2.05, 4.69) is 5.32 Å². The molecule has 0 aromatic carbocycles. The van der Waals surface area contributed by atoms with Crippen molar-refractivity contribution < 1.29 is 14.6 Å². The lowest BCUT2D eigenvalue weighted by Crippen LogP contribution is -2.59. The number of hydrogen-bond donors (Lipinski definition) is 2. The van der Waals surface area contributed by atoms with Crippen molar-refractivity contribution in [2.75, 3.05) is 33.4 Å². The summed E-state index contributed by atoms with van der Waals surface area (Å²) >= 11 is 0. The first kappa shape index (κ1) is 12.8. The molecule has 0 spiro atoms. The monoisotopic (exact) mass is 242 g/mol. The molecule has 2 rings (SSSR count). The Morgan fingerprint density at radius 3 is 3.12 bits per heavy atom. The molecule has 0 aliphatic carbocycles. The minimum Gasteiger partial charge on any atom is -0.394 e. The largest absolute Gasteiger partial charge is 0.394 e. The first-order chi connectivity index (χ1) is 8.23. The maximum absolute atomic E-state index is 12.0. The van der Waals surface area contributed by atoms with Gasteiger partial charge in [0.05, 0.1) is 24.8 Å². The smallest absolute Gasteiger partial charge is 0.224 e. The summed E-state index contributed by atoms with van der Waals surface area (Å²) in [5, 5.41) is 13.0. The highest BCUT2D eigenvalue weighted by Crippen LogP contribution is 2.35. The van der Waals surface area contributed by atoms with Gasteiger partial charge in [-0.2, -0.15) is 0 Å². The van der Waals surface area contributed by atoms with Crippen molar-refractivity contribution in [1.82, 2.24) is 10.2 Å². The Labute approximate surface area is 102 Å². The number of amides is 1. The summed E-state index contributed by atoms with van der Waals surface area (Å²) in [6.45, 7) is 2.14. The minimum absolute atomic E-state index is 0.0175. The van der Waals surface area contributed by atoms with Gasteiger partial charge in [-0.15, -0.1) is 0 Å². The molecule has 1 amide bonds. The average molecular weight is 242 g/mol. The topological polar surface area (TPSA) is 61.8 Å². The summed E-state index contributed by atoms with van der Waals surface area (Å²) in [6.07, 6.45) is 3.63. The van der Waals surface area contributed by atoms with Gasteiger partial charge in [0.2, 0.25) is 5.91 Å². The normalized spacial score (nSPS) is 32.9. The maximum atomic E-state index is 12.0. The average Bonchev–Trinajstić information content (AvgIpc) is 2.65. The maximum Gasteiger partial charge on any atom is 0.224 e. The lowest BCUT2D eigenvalue weighted by Gasteiger charge is -2.39. The third-order valence-electron chi connectivity index (χ3n) is 3.99. The van der Waals surface area contributed by atoms with Crippen molar-refractivity contribution in [1.29, 1.82) is 0 Å². The van der Waals surface area contributed by atoms with Gasteiger partial charge in [-0.3, -0.25) is 4.79 Å². The van der Waals surface area contributed by atoms with Crippen LogP contribution in [0.1, 0.15) is 25.7 Å². The van der Waals surface area contributed by atoms with Crippen LogP contribution >= 0.6 is 0 Å². The Hall–Kier alpha value is -0.650. The van der Waals surface area contributed by atoms with Gasteiger partial charge in [0.1, 0.15) is 0 Å². The Morgan fingerprint density at radius 1 is 1.59 bits per heavy atom. The van der Waals surface area contributed by atoms with Gasteiger partial charge < -0.3 is 20.1 Å². The molecule has 2 aliphatic rings. The van der Waals surface area contributed by atoms with Crippen molar-refractivity contribution in [3.8, 4) is 0 Å². The standard InChI is InChI=1S/C12H22N2O3/c1-17-7-5-13-12(9-15)8-11(16)14-6-3-2-4-10(12)14/h10,13,15H,2-9H2,1H3. The SMILES string of the molecule is COCCNC1(CO)CC(=O)N2CCCCC21. The van der Waals surface area contributed by atoms with E-state index in [4.69, 9.17) is 4.74 Å². The second kappa shape index (κ2) is 5.33. The predicted molar refractivity (Wildman–Crippen MR) is 63.7 cm³/mol. The summed E-state index contributed by atoms with van der Waals surface area (Å²) in [5.41, 5.74) is -0.448. The molecule has 0 radical (unpaired) electrons. The third-order valence-corrected chi connectivity index (χ3v) is 3.99. The zero-order valence-electron chi connectivity index (χ0n) is 10.4. The molecular formula is C12H22N2O3. The highest BCUT2D eigenvalue weighted by atomic mass is 16.5. The van der Waals surface area contributed by atoms with Gasteiger partial charge in [0, 0.05) is 26.6 Å². The molecule has 2 heterocycles. The molecule has 2 N–H and O–H groups in total. The van der Waals surface area contributed by atoms with Crippen LogP contribution in [-0.4, -0.2) is 60.9 Å². The highest BCUT2D eigenvalue weighted by Gasteiger charge is 2.51. The molecule has 2 saturated heterocycles. The molecule has 5 nitrogen and oxygen atoms in total. The number of nitrogens with one attached hydrogen (secondary N) is 1. The Balaban J connectivity index is 2.07. The van der Waals surface area contributed by atoms with E-state index < -0.39 is 5.54 Å². The highest BCUT2D eigenvalue weighted by molar-refractivity contribution is 5.81. The second-order valence-electron chi connectivity index (χ2n) is 5.01. The van der Waals surface area contributed by atoms with Gasteiger partial charge in [0.25, 0.3) is 0 Å². The van der Waals surface area contributed by atoms with E-state index in [0.29, 0.717) is 19.6 Å². The summed E-state index contributed by atoms with van der Waals surface area (Å²) in [6, 6.07) is 0.158.